The fraction of sp³-hybridized carbons (Fsp3) is 0.0385. The lowest BCUT2D eigenvalue weighted by Gasteiger charge is -2.19. The summed E-state index contributed by atoms with van der Waals surface area (Å²) in [6.07, 6.45) is 4.46. The van der Waals surface area contributed by atoms with Crippen LogP contribution in [0, 0.1) is 5.41 Å². The van der Waals surface area contributed by atoms with E-state index in [9.17, 15) is 0 Å². The standard InChI is InChI=1S/C26H19N/c27-26(19-9-2-1-3-10-19)25-17-21-12-5-4-11-20(21)16-24(25)23-15-14-18-8-6-7-13-22(18)23/h1-17,23,27H. The van der Waals surface area contributed by atoms with Gasteiger partial charge in [-0.25, -0.2) is 0 Å². The fourth-order valence-electron chi connectivity index (χ4n) is 4.01. The van der Waals surface area contributed by atoms with E-state index in [0.29, 0.717) is 5.71 Å². The SMILES string of the molecule is N=C(c1ccccc1)c1cc2ccccc2cc1C1C=Cc2ccccc21. The molecule has 128 valence electrons. The first-order valence-corrected chi connectivity index (χ1v) is 9.25. The summed E-state index contributed by atoms with van der Waals surface area (Å²) >= 11 is 0. The van der Waals surface area contributed by atoms with E-state index in [1.807, 2.05) is 30.3 Å². The molecule has 0 spiro atoms. The second-order valence-electron chi connectivity index (χ2n) is 6.99. The summed E-state index contributed by atoms with van der Waals surface area (Å²) in [5.41, 5.74) is 6.32. The summed E-state index contributed by atoms with van der Waals surface area (Å²) in [5, 5.41) is 11.3. The lowest BCUT2D eigenvalue weighted by molar-refractivity contribution is 1.05. The molecule has 1 N–H and O–H groups in total. The van der Waals surface area contributed by atoms with Gasteiger partial charge in [-0.15, -0.1) is 0 Å². The van der Waals surface area contributed by atoms with Crippen molar-refractivity contribution in [1.82, 2.24) is 0 Å². The van der Waals surface area contributed by atoms with Crippen LogP contribution in [0.1, 0.15) is 33.7 Å². The zero-order valence-corrected chi connectivity index (χ0v) is 14.9. The number of hydrogen-bond donors (Lipinski definition) is 1. The number of fused-ring (bicyclic) bond motifs is 2. The molecule has 0 bridgehead atoms. The third-order valence-corrected chi connectivity index (χ3v) is 5.38. The average molecular weight is 345 g/mol. The Labute approximate surface area is 159 Å². The lowest BCUT2D eigenvalue weighted by atomic mass is 9.85. The number of rotatable bonds is 3. The molecule has 1 unspecified atom stereocenters. The van der Waals surface area contributed by atoms with Crippen LogP contribution in [-0.4, -0.2) is 5.71 Å². The first-order chi connectivity index (χ1) is 13.3. The third-order valence-electron chi connectivity index (χ3n) is 5.38. The molecule has 5 rings (SSSR count). The van der Waals surface area contributed by atoms with Crippen LogP contribution in [-0.2, 0) is 0 Å². The van der Waals surface area contributed by atoms with Gasteiger partial charge in [0.15, 0.2) is 0 Å². The van der Waals surface area contributed by atoms with Crippen LogP contribution in [0.3, 0.4) is 0 Å². The van der Waals surface area contributed by atoms with Crippen molar-refractivity contribution in [3.63, 3.8) is 0 Å². The zero-order valence-electron chi connectivity index (χ0n) is 14.9. The summed E-state index contributed by atoms with van der Waals surface area (Å²) in [6.45, 7) is 0. The van der Waals surface area contributed by atoms with E-state index in [1.165, 1.54) is 27.5 Å². The van der Waals surface area contributed by atoms with Crippen molar-refractivity contribution in [3.05, 3.63) is 125 Å². The molecule has 1 nitrogen and oxygen atoms in total. The normalized spacial score (nSPS) is 15.0. The molecule has 0 heterocycles. The summed E-state index contributed by atoms with van der Waals surface area (Å²) in [7, 11) is 0. The molecular formula is C26H19N. The first kappa shape index (κ1) is 15.8. The molecule has 1 aliphatic rings. The Morgan fingerprint density at radius 1 is 0.667 bits per heavy atom. The highest BCUT2D eigenvalue weighted by Gasteiger charge is 2.23. The maximum Gasteiger partial charge on any atom is 0.0687 e. The van der Waals surface area contributed by atoms with Crippen LogP contribution in [0.15, 0.2) is 97.1 Å². The van der Waals surface area contributed by atoms with Gasteiger partial charge in [0.2, 0.25) is 0 Å². The second kappa shape index (κ2) is 6.37. The van der Waals surface area contributed by atoms with E-state index in [0.717, 1.165) is 11.1 Å². The van der Waals surface area contributed by atoms with Crippen molar-refractivity contribution in [2.75, 3.05) is 0 Å². The summed E-state index contributed by atoms with van der Waals surface area (Å²) in [4.78, 5) is 0. The molecule has 0 fully saturated rings. The Kier molecular flexibility index (Phi) is 3.72. The summed E-state index contributed by atoms with van der Waals surface area (Å²) in [5.74, 6) is 0.185. The minimum atomic E-state index is 0.185. The molecule has 1 aliphatic carbocycles. The molecule has 1 atom stereocenters. The van der Waals surface area contributed by atoms with Crippen LogP contribution in [0.4, 0.5) is 0 Å². The third kappa shape index (κ3) is 2.69. The van der Waals surface area contributed by atoms with Gasteiger partial charge in [-0.2, -0.15) is 0 Å². The van der Waals surface area contributed by atoms with E-state index in [-0.39, 0.29) is 5.92 Å². The van der Waals surface area contributed by atoms with Gasteiger partial charge in [-0.3, -0.25) is 5.41 Å². The first-order valence-electron chi connectivity index (χ1n) is 9.25. The van der Waals surface area contributed by atoms with Gasteiger partial charge in [0.25, 0.3) is 0 Å². The van der Waals surface area contributed by atoms with Crippen molar-refractivity contribution in [2.45, 2.75) is 5.92 Å². The van der Waals surface area contributed by atoms with E-state index in [1.54, 1.807) is 0 Å². The van der Waals surface area contributed by atoms with E-state index >= 15 is 0 Å². The van der Waals surface area contributed by atoms with Gasteiger partial charge in [0.1, 0.15) is 0 Å². The van der Waals surface area contributed by atoms with E-state index in [2.05, 4.69) is 72.8 Å². The van der Waals surface area contributed by atoms with Gasteiger partial charge in [-0.05, 0) is 39.6 Å². The molecule has 1 heteroatoms. The van der Waals surface area contributed by atoms with Crippen molar-refractivity contribution < 1.29 is 0 Å². The molecule has 0 amide bonds. The van der Waals surface area contributed by atoms with Crippen molar-refractivity contribution in [3.8, 4) is 0 Å². The maximum absolute atomic E-state index is 8.91. The predicted octanol–water partition coefficient (Wildman–Crippen LogP) is 6.41. The number of allylic oxidation sites excluding steroid dienone is 1. The van der Waals surface area contributed by atoms with Gasteiger partial charge < -0.3 is 0 Å². The Balaban J connectivity index is 1.74. The zero-order chi connectivity index (χ0) is 18.2. The highest BCUT2D eigenvalue weighted by molar-refractivity contribution is 6.13. The molecule has 4 aromatic rings. The molecule has 0 saturated carbocycles. The summed E-state index contributed by atoms with van der Waals surface area (Å²) < 4.78 is 0. The van der Waals surface area contributed by atoms with Crippen molar-refractivity contribution in [1.29, 1.82) is 5.41 Å². The van der Waals surface area contributed by atoms with Crippen LogP contribution in [0.5, 0.6) is 0 Å². The molecule has 0 radical (unpaired) electrons. The van der Waals surface area contributed by atoms with Gasteiger partial charge >= 0.3 is 0 Å². The van der Waals surface area contributed by atoms with E-state index in [4.69, 9.17) is 5.41 Å². The second-order valence-corrected chi connectivity index (χ2v) is 6.99. The van der Waals surface area contributed by atoms with Crippen LogP contribution >= 0.6 is 0 Å². The number of hydrogen-bond acceptors (Lipinski definition) is 1. The Morgan fingerprint density at radius 2 is 1.33 bits per heavy atom. The van der Waals surface area contributed by atoms with Crippen LogP contribution < -0.4 is 0 Å². The monoisotopic (exact) mass is 345 g/mol. The van der Waals surface area contributed by atoms with Crippen molar-refractivity contribution >= 4 is 22.6 Å². The predicted molar refractivity (Wildman–Crippen MR) is 114 cm³/mol. The van der Waals surface area contributed by atoms with Crippen molar-refractivity contribution in [2.24, 2.45) is 0 Å². The Bertz CT molecular complexity index is 1190. The van der Waals surface area contributed by atoms with Crippen LogP contribution in [0.2, 0.25) is 0 Å². The number of benzene rings is 4. The fourth-order valence-corrected chi connectivity index (χ4v) is 4.01. The molecular weight excluding hydrogens is 326 g/mol. The Hall–Kier alpha value is -3.45. The smallest absolute Gasteiger partial charge is 0.0687 e. The Morgan fingerprint density at radius 3 is 2.15 bits per heavy atom. The molecule has 0 aliphatic heterocycles. The molecule has 0 aromatic heterocycles. The van der Waals surface area contributed by atoms with Gasteiger partial charge in [0, 0.05) is 17.0 Å². The molecule has 0 saturated heterocycles. The quantitative estimate of drug-likeness (QED) is 0.415. The van der Waals surface area contributed by atoms with Crippen LogP contribution in [0.25, 0.3) is 16.8 Å². The number of nitrogens with one attached hydrogen (secondary N) is 1. The van der Waals surface area contributed by atoms with E-state index < -0.39 is 0 Å². The largest absolute Gasteiger partial charge is 0.300 e. The molecule has 27 heavy (non-hydrogen) atoms. The highest BCUT2D eigenvalue weighted by atomic mass is 14.4. The van der Waals surface area contributed by atoms with Gasteiger partial charge in [-0.1, -0.05) is 91.0 Å². The topological polar surface area (TPSA) is 23.9 Å². The minimum absolute atomic E-state index is 0.185. The maximum atomic E-state index is 8.91. The minimum Gasteiger partial charge on any atom is -0.300 e. The lowest BCUT2D eigenvalue weighted by Crippen LogP contribution is -2.09. The highest BCUT2D eigenvalue weighted by Crippen LogP contribution is 2.38. The van der Waals surface area contributed by atoms with Gasteiger partial charge in [0.05, 0.1) is 5.71 Å². The average Bonchev–Trinajstić information content (AvgIpc) is 3.17. The molecule has 4 aromatic carbocycles. The summed E-state index contributed by atoms with van der Waals surface area (Å²) in [6, 6.07) is 31.4.